The van der Waals surface area contributed by atoms with Crippen LogP contribution in [-0.4, -0.2) is 69.3 Å². The number of pyridine rings is 1. The molecule has 3 aromatic rings. The van der Waals surface area contributed by atoms with Gasteiger partial charge in [0.2, 0.25) is 0 Å². The first-order valence-electron chi connectivity index (χ1n) is 11.0. The van der Waals surface area contributed by atoms with E-state index in [0.717, 1.165) is 35.9 Å². The second-order valence-electron chi connectivity index (χ2n) is 8.25. The van der Waals surface area contributed by atoms with E-state index in [1.165, 1.54) is 6.20 Å². The zero-order valence-electron chi connectivity index (χ0n) is 17.7. The Kier molecular flexibility index (Phi) is 5.85. The third-order valence-corrected chi connectivity index (χ3v) is 6.08. The van der Waals surface area contributed by atoms with Crippen molar-refractivity contribution in [3.8, 4) is 11.4 Å². The van der Waals surface area contributed by atoms with Gasteiger partial charge in [0.05, 0.1) is 19.4 Å². The quantitative estimate of drug-likeness (QED) is 0.577. The number of aromatic amines is 1. The molecule has 32 heavy (non-hydrogen) atoms. The van der Waals surface area contributed by atoms with Crippen LogP contribution >= 0.6 is 0 Å². The second-order valence-corrected chi connectivity index (χ2v) is 8.25. The molecule has 0 radical (unpaired) electrons. The van der Waals surface area contributed by atoms with Gasteiger partial charge in [0.15, 0.2) is 17.5 Å². The SMILES string of the molecule is O=C(N[C@@H]1CCC[C@H](Nc2nc(-c3c[nH]c4ncccc34)ncc2F)C1)N1CCOCC1. The standard InChI is InChI=1S/C22H26FN7O2/c23-18-13-26-20(17-12-25-19-16(17)5-2-6-24-19)29-21(18)27-14-3-1-4-15(11-14)28-22(31)30-7-9-32-10-8-30/h2,5-6,12-15H,1,3-4,7-11H2,(H,24,25)(H,28,31)(H,26,27,29)/t14-,15+/m0/s1. The second kappa shape index (κ2) is 9.07. The molecule has 2 fully saturated rings. The van der Waals surface area contributed by atoms with Crippen LogP contribution < -0.4 is 10.6 Å². The van der Waals surface area contributed by atoms with Crippen molar-refractivity contribution in [1.29, 1.82) is 0 Å². The average Bonchev–Trinajstić information content (AvgIpc) is 3.26. The number of carbonyl (C=O) groups is 1. The Labute approximate surface area is 184 Å². The minimum atomic E-state index is -0.494. The maximum Gasteiger partial charge on any atom is 0.317 e. The summed E-state index contributed by atoms with van der Waals surface area (Å²) in [6.45, 7) is 2.37. The molecule has 3 N–H and O–H groups in total. The largest absolute Gasteiger partial charge is 0.378 e. The van der Waals surface area contributed by atoms with Crippen molar-refractivity contribution in [2.24, 2.45) is 0 Å². The number of aromatic nitrogens is 4. The number of anilines is 1. The molecule has 9 nitrogen and oxygen atoms in total. The predicted molar refractivity (Wildman–Crippen MR) is 118 cm³/mol. The van der Waals surface area contributed by atoms with E-state index in [4.69, 9.17) is 4.74 Å². The van der Waals surface area contributed by atoms with Gasteiger partial charge in [0, 0.05) is 48.5 Å². The molecule has 0 spiro atoms. The van der Waals surface area contributed by atoms with E-state index in [1.54, 1.807) is 17.3 Å². The first-order valence-corrected chi connectivity index (χ1v) is 11.0. The number of hydrogen-bond acceptors (Lipinski definition) is 6. The first kappa shape index (κ1) is 20.6. The number of carbonyl (C=O) groups excluding carboxylic acids is 1. The van der Waals surface area contributed by atoms with E-state index >= 15 is 0 Å². The zero-order valence-corrected chi connectivity index (χ0v) is 17.7. The fraction of sp³-hybridized carbons (Fsp3) is 0.455. The lowest BCUT2D eigenvalue weighted by molar-refractivity contribution is 0.0521. The Balaban J connectivity index is 1.27. The first-order chi connectivity index (χ1) is 15.7. The maximum atomic E-state index is 14.5. The van der Waals surface area contributed by atoms with Crippen LogP contribution in [0.25, 0.3) is 22.4 Å². The monoisotopic (exact) mass is 439 g/mol. The minimum absolute atomic E-state index is 0.0145. The van der Waals surface area contributed by atoms with E-state index < -0.39 is 5.82 Å². The summed E-state index contributed by atoms with van der Waals surface area (Å²) in [6, 6.07) is 3.77. The van der Waals surface area contributed by atoms with Crippen LogP contribution in [0.1, 0.15) is 25.7 Å². The normalized spacial score (nSPS) is 21.5. The number of halogens is 1. The Hall–Kier alpha value is -3.27. The van der Waals surface area contributed by atoms with Gasteiger partial charge in [-0.05, 0) is 37.8 Å². The van der Waals surface area contributed by atoms with E-state index in [1.807, 2.05) is 12.1 Å². The van der Waals surface area contributed by atoms with Crippen LogP contribution in [0.4, 0.5) is 15.0 Å². The number of H-pyrrole nitrogens is 1. The minimum Gasteiger partial charge on any atom is -0.378 e. The summed E-state index contributed by atoms with van der Waals surface area (Å²) >= 11 is 0. The Bertz CT molecular complexity index is 1100. The van der Waals surface area contributed by atoms with Crippen molar-refractivity contribution in [1.82, 2.24) is 30.2 Å². The highest BCUT2D eigenvalue weighted by Crippen LogP contribution is 2.28. The molecule has 1 saturated heterocycles. The molecular formula is C22H26FN7O2. The molecule has 0 bridgehead atoms. The molecule has 2 amide bonds. The van der Waals surface area contributed by atoms with Crippen LogP contribution in [0.15, 0.2) is 30.7 Å². The van der Waals surface area contributed by atoms with Gasteiger partial charge in [-0.15, -0.1) is 0 Å². The van der Waals surface area contributed by atoms with Gasteiger partial charge in [-0.1, -0.05) is 0 Å². The Morgan fingerprint density at radius 3 is 2.94 bits per heavy atom. The van der Waals surface area contributed by atoms with Gasteiger partial charge in [0.25, 0.3) is 0 Å². The third kappa shape index (κ3) is 4.36. The van der Waals surface area contributed by atoms with E-state index in [-0.39, 0.29) is 23.9 Å². The number of nitrogens with zero attached hydrogens (tertiary/aromatic N) is 4. The lowest BCUT2D eigenvalue weighted by Gasteiger charge is -2.33. The molecule has 4 heterocycles. The van der Waals surface area contributed by atoms with E-state index in [9.17, 15) is 9.18 Å². The van der Waals surface area contributed by atoms with Crippen molar-refractivity contribution in [3.05, 3.63) is 36.5 Å². The number of amides is 2. The molecule has 1 aliphatic carbocycles. The summed E-state index contributed by atoms with van der Waals surface area (Å²) in [7, 11) is 0. The van der Waals surface area contributed by atoms with Crippen LogP contribution in [0, 0.1) is 5.82 Å². The molecule has 3 aromatic heterocycles. The van der Waals surface area contributed by atoms with Crippen LogP contribution in [0.2, 0.25) is 0 Å². The molecule has 0 unspecified atom stereocenters. The molecule has 2 aliphatic rings. The van der Waals surface area contributed by atoms with Gasteiger partial charge in [-0.3, -0.25) is 0 Å². The van der Waals surface area contributed by atoms with Gasteiger partial charge in [-0.2, -0.15) is 0 Å². The number of rotatable bonds is 4. The highest BCUT2D eigenvalue weighted by Gasteiger charge is 2.27. The van der Waals surface area contributed by atoms with Crippen molar-refractivity contribution >= 4 is 22.9 Å². The van der Waals surface area contributed by atoms with Crippen LogP contribution in [-0.2, 0) is 4.74 Å². The summed E-state index contributed by atoms with van der Waals surface area (Å²) in [4.78, 5) is 30.3. The fourth-order valence-electron chi connectivity index (χ4n) is 4.42. The summed E-state index contributed by atoms with van der Waals surface area (Å²) in [5.74, 6) is 0.116. The fourth-order valence-corrected chi connectivity index (χ4v) is 4.42. The van der Waals surface area contributed by atoms with Crippen LogP contribution in [0.5, 0.6) is 0 Å². The number of urea groups is 1. The lowest BCUT2D eigenvalue weighted by atomic mass is 9.91. The zero-order chi connectivity index (χ0) is 21.9. The molecular weight excluding hydrogens is 413 g/mol. The van der Waals surface area contributed by atoms with E-state index in [2.05, 4.69) is 30.6 Å². The summed E-state index contributed by atoms with van der Waals surface area (Å²) in [5, 5.41) is 7.26. The molecule has 1 aliphatic heterocycles. The highest BCUT2D eigenvalue weighted by molar-refractivity contribution is 5.91. The molecule has 5 rings (SSSR count). The third-order valence-electron chi connectivity index (χ3n) is 6.08. The average molecular weight is 439 g/mol. The molecule has 0 aromatic carbocycles. The van der Waals surface area contributed by atoms with Gasteiger partial charge in [-0.25, -0.2) is 24.1 Å². The Morgan fingerprint density at radius 2 is 2.06 bits per heavy atom. The summed E-state index contributed by atoms with van der Waals surface area (Å²) in [5.41, 5.74) is 1.51. The number of ether oxygens (including phenoxy) is 1. The topological polar surface area (TPSA) is 108 Å². The predicted octanol–water partition coefficient (Wildman–Crippen LogP) is 2.92. The summed E-state index contributed by atoms with van der Waals surface area (Å²) < 4.78 is 19.8. The van der Waals surface area contributed by atoms with E-state index in [0.29, 0.717) is 38.5 Å². The van der Waals surface area contributed by atoms with Crippen molar-refractivity contribution < 1.29 is 13.9 Å². The lowest BCUT2D eigenvalue weighted by Crippen LogP contribution is -2.51. The number of fused-ring (bicyclic) bond motifs is 1. The molecule has 1 saturated carbocycles. The number of morpholine rings is 1. The summed E-state index contributed by atoms with van der Waals surface area (Å²) in [6.07, 6.45) is 8.14. The molecule has 168 valence electrons. The van der Waals surface area contributed by atoms with Gasteiger partial charge in [0.1, 0.15) is 5.65 Å². The van der Waals surface area contributed by atoms with Crippen molar-refractivity contribution in [2.75, 3.05) is 31.6 Å². The molecule has 10 heteroatoms. The number of nitrogens with one attached hydrogen (secondary N) is 3. The smallest absolute Gasteiger partial charge is 0.317 e. The Morgan fingerprint density at radius 1 is 1.22 bits per heavy atom. The van der Waals surface area contributed by atoms with Crippen molar-refractivity contribution in [3.63, 3.8) is 0 Å². The van der Waals surface area contributed by atoms with Crippen LogP contribution in [0.3, 0.4) is 0 Å². The van der Waals surface area contributed by atoms with Gasteiger partial charge >= 0.3 is 6.03 Å². The number of hydrogen-bond donors (Lipinski definition) is 3. The highest BCUT2D eigenvalue weighted by atomic mass is 19.1. The van der Waals surface area contributed by atoms with Crippen molar-refractivity contribution in [2.45, 2.75) is 37.8 Å². The van der Waals surface area contributed by atoms with Gasteiger partial charge < -0.3 is 25.3 Å². The molecule has 2 atom stereocenters. The maximum absolute atomic E-state index is 14.5.